The largest absolute Gasteiger partial charge is 0.322 e. The molecule has 0 fully saturated rings. The Hall–Kier alpha value is -1.55. The summed E-state index contributed by atoms with van der Waals surface area (Å²) in [6.07, 6.45) is 1.06. The molecule has 5 heteroatoms. The van der Waals surface area contributed by atoms with Crippen LogP contribution in [0.5, 0.6) is 0 Å². The van der Waals surface area contributed by atoms with E-state index in [1.54, 1.807) is 6.07 Å². The minimum absolute atomic E-state index is 0. The molecule has 0 saturated heterocycles. The number of hydrogen-bond acceptors (Lipinski definition) is 2. The SMILES string of the molecule is CC(C)c1ccc(C(=O)Nc2ccc3c(c2)CN(C)CC3)cc1Cl.Cl. The number of fused-ring (bicyclic) bond motifs is 1. The fourth-order valence-corrected chi connectivity index (χ4v) is 3.51. The molecule has 0 atom stereocenters. The van der Waals surface area contributed by atoms with Gasteiger partial charge in [-0.2, -0.15) is 0 Å². The number of nitrogens with one attached hydrogen (secondary N) is 1. The van der Waals surface area contributed by atoms with Gasteiger partial charge in [-0.1, -0.05) is 37.6 Å². The molecular formula is C20H24Cl2N2O. The second-order valence-corrected chi connectivity index (χ2v) is 7.22. The zero-order valence-corrected chi connectivity index (χ0v) is 16.4. The lowest BCUT2D eigenvalue weighted by atomic mass is 9.99. The molecule has 25 heavy (non-hydrogen) atoms. The normalized spacial score (nSPS) is 14.0. The Morgan fingerprint density at radius 3 is 2.60 bits per heavy atom. The van der Waals surface area contributed by atoms with Crippen LogP contribution in [0, 0.1) is 0 Å². The molecule has 1 N–H and O–H groups in total. The van der Waals surface area contributed by atoms with E-state index in [1.165, 1.54) is 11.1 Å². The highest BCUT2D eigenvalue weighted by atomic mass is 35.5. The van der Waals surface area contributed by atoms with E-state index in [-0.39, 0.29) is 18.3 Å². The van der Waals surface area contributed by atoms with Gasteiger partial charge in [0.15, 0.2) is 0 Å². The van der Waals surface area contributed by atoms with E-state index in [0.29, 0.717) is 16.5 Å². The summed E-state index contributed by atoms with van der Waals surface area (Å²) in [6.45, 7) is 6.18. The van der Waals surface area contributed by atoms with Gasteiger partial charge < -0.3 is 10.2 Å². The number of benzene rings is 2. The van der Waals surface area contributed by atoms with Gasteiger partial charge in [-0.25, -0.2) is 0 Å². The lowest BCUT2D eigenvalue weighted by Gasteiger charge is -2.25. The van der Waals surface area contributed by atoms with Crippen LogP contribution < -0.4 is 5.32 Å². The Labute approximate surface area is 160 Å². The summed E-state index contributed by atoms with van der Waals surface area (Å²) in [5, 5.41) is 3.63. The molecule has 2 aromatic carbocycles. The van der Waals surface area contributed by atoms with E-state index in [9.17, 15) is 4.79 Å². The molecule has 0 aromatic heterocycles. The summed E-state index contributed by atoms with van der Waals surface area (Å²) < 4.78 is 0. The molecule has 0 radical (unpaired) electrons. The highest BCUT2D eigenvalue weighted by Crippen LogP contribution is 2.26. The number of halogens is 2. The second kappa shape index (κ2) is 8.22. The number of likely N-dealkylation sites (N-methyl/N-ethyl adjacent to an activating group) is 1. The topological polar surface area (TPSA) is 32.3 Å². The quantitative estimate of drug-likeness (QED) is 0.802. The number of carbonyl (C=O) groups excluding carboxylic acids is 1. The van der Waals surface area contributed by atoms with Gasteiger partial charge in [0.05, 0.1) is 0 Å². The molecule has 134 valence electrons. The maximum atomic E-state index is 12.5. The lowest BCUT2D eigenvalue weighted by molar-refractivity contribution is 0.102. The molecule has 0 aliphatic carbocycles. The summed E-state index contributed by atoms with van der Waals surface area (Å²) >= 11 is 6.30. The first-order valence-corrected chi connectivity index (χ1v) is 8.73. The zero-order chi connectivity index (χ0) is 17.3. The van der Waals surface area contributed by atoms with Crippen molar-refractivity contribution in [3.8, 4) is 0 Å². The van der Waals surface area contributed by atoms with E-state index in [0.717, 1.165) is 30.8 Å². The number of nitrogens with zero attached hydrogens (tertiary/aromatic N) is 1. The molecule has 3 nitrogen and oxygen atoms in total. The van der Waals surface area contributed by atoms with Crippen LogP contribution in [0.4, 0.5) is 5.69 Å². The first-order valence-electron chi connectivity index (χ1n) is 8.35. The Balaban J connectivity index is 0.00000225. The van der Waals surface area contributed by atoms with Crippen LogP contribution in [0.3, 0.4) is 0 Å². The van der Waals surface area contributed by atoms with Gasteiger partial charge in [-0.15, -0.1) is 12.4 Å². The van der Waals surface area contributed by atoms with Crippen molar-refractivity contribution >= 4 is 35.6 Å². The fourth-order valence-electron chi connectivity index (χ4n) is 3.12. The van der Waals surface area contributed by atoms with Crippen molar-refractivity contribution in [1.82, 2.24) is 4.90 Å². The van der Waals surface area contributed by atoms with Gasteiger partial charge >= 0.3 is 0 Å². The van der Waals surface area contributed by atoms with Gasteiger partial charge in [-0.05, 0) is 60.3 Å². The zero-order valence-electron chi connectivity index (χ0n) is 14.8. The fraction of sp³-hybridized carbons (Fsp3) is 0.350. The van der Waals surface area contributed by atoms with E-state index >= 15 is 0 Å². The molecule has 1 aliphatic rings. The Bertz CT molecular complexity index is 774. The standard InChI is InChI=1S/C20H23ClN2O.ClH/c1-13(2)18-7-5-15(11-19(18)21)20(24)22-17-6-4-14-8-9-23(3)12-16(14)10-17;/h4-7,10-11,13H,8-9,12H2,1-3H3,(H,22,24);1H. The van der Waals surface area contributed by atoms with Crippen molar-refractivity contribution in [2.45, 2.75) is 32.7 Å². The van der Waals surface area contributed by atoms with Gasteiger partial charge in [0.25, 0.3) is 5.91 Å². The van der Waals surface area contributed by atoms with Crippen LogP contribution >= 0.6 is 24.0 Å². The first kappa shape index (κ1) is 19.8. The average molecular weight is 379 g/mol. The van der Waals surface area contributed by atoms with Crippen LogP contribution in [0.2, 0.25) is 5.02 Å². The monoisotopic (exact) mass is 378 g/mol. The highest BCUT2D eigenvalue weighted by Gasteiger charge is 2.15. The lowest BCUT2D eigenvalue weighted by Crippen LogP contribution is -2.26. The van der Waals surface area contributed by atoms with Crippen LogP contribution in [0.15, 0.2) is 36.4 Å². The van der Waals surface area contributed by atoms with E-state index in [4.69, 9.17) is 11.6 Å². The molecule has 2 aromatic rings. The Morgan fingerprint density at radius 1 is 1.16 bits per heavy atom. The third-order valence-electron chi connectivity index (χ3n) is 4.55. The van der Waals surface area contributed by atoms with Crippen molar-refractivity contribution in [3.63, 3.8) is 0 Å². The second-order valence-electron chi connectivity index (χ2n) is 6.82. The predicted molar refractivity (Wildman–Crippen MR) is 107 cm³/mol. The molecule has 1 heterocycles. The number of hydrogen-bond donors (Lipinski definition) is 1. The summed E-state index contributed by atoms with van der Waals surface area (Å²) in [5.74, 6) is 0.212. The number of anilines is 1. The number of carbonyl (C=O) groups is 1. The van der Waals surface area contributed by atoms with Crippen LogP contribution in [0.1, 0.15) is 46.8 Å². The summed E-state index contributed by atoms with van der Waals surface area (Å²) in [4.78, 5) is 14.8. The van der Waals surface area contributed by atoms with Crippen LogP contribution in [-0.2, 0) is 13.0 Å². The van der Waals surface area contributed by atoms with Crippen molar-refractivity contribution in [2.75, 3.05) is 18.9 Å². The molecule has 0 saturated carbocycles. The summed E-state index contributed by atoms with van der Waals surface area (Å²) in [5.41, 5.74) is 5.13. The number of amides is 1. The van der Waals surface area contributed by atoms with Crippen molar-refractivity contribution < 1.29 is 4.79 Å². The maximum Gasteiger partial charge on any atom is 0.255 e. The van der Waals surface area contributed by atoms with Crippen LogP contribution in [-0.4, -0.2) is 24.4 Å². The van der Waals surface area contributed by atoms with Gasteiger partial charge in [0, 0.05) is 29.4 Å². The first-order chi connectivity index (χ1) is 11.4. The third-order valence-corrected chi connectivity index (χ3v) is 4.88. The molecule has 1 amide bonds. The van der Waals surface area contributed by atoms with Gasteiger partial charge in [0.2, 0.25) is 0 Å². The van der Waals surface area contributed by atoms with Crippen LogP contribution in [0.25, 0.3) is 0 Å². The van der Waals surface area contributed by atoms with E-state index in [1.807, 2.05) is 18.2 Å². The molecule has 3 rings (SSSR count). The molecular weight excluding hydrogens is 355 g/mol. The average Bonchev–Trinajstić information content (AvgIpc) is 2.54. The van der Waals surface area contributed by atoms with Gasteiger partial charge in [-0.3, -0.25) is 4.79 Å². The minimum Gasteiger partial charge on any atom is -0.322 e. The summed E-state index contributed by atoms with van der Waals surface area (Å²) in [6, 6.07) is 11.7. The molecule has 0 spiro atoms. The maximum absolute atomic E-state index is 12.5. The number of rotatable bonds is 3. The minimum atomic E-state index is -0.128. The van der Waals surface area contributed by atoms with Crippen molar-refractivity contribution in [2.24, 2.45) is 0 Å². The van der Waals surface area contributed by atoms with Crippen molar-refractivity contribution in [3.05, 3.63) is 63.7 Å². The third kappa shape index (κ3) is 4.55. The highest BCUT2D eigenvalue weighted by molar-refractivity contribution is 6.32. The molecule has 1 aliphatic heterocycles. The predicted octanol–water partition coefficient (Wildman–Crippen LogP) is 5.13. The van der Waals surface area contributed by atoms with Gasteiger partial charge in [0.1, 0.15) is 0 Å². The summed E-state index contributed by atoms with van der Waals surface area (Å²) in [7, 11) is 2.12. The Morgan fingerprint density at radius 2 is 1.92 bits per heavy atom. The van der Waals surface area contributed by atoms with E-state index in [2.05, 4.69) is 43.2 Å². The Kier molecular flexibility index (Phi) is 6.50. The molecule has 0 unspecified atom stereocenters. The molecule has 0 bridgehead atoms. The van der Waals surface area contributed by atoms with E-state index < -0.39 is 0 Å². The van der Waals surface area contributed by atoms with Crippen molar-refractivity contribution in [1.29, 1.82) is 0 Å². The smallest absolute Gasteiger partial charge is 0.255 e.